The maximum absolute atomic E-state index is 13.0. The lowest BCUT2D eigenvalue weighted by molar-refractivity contribution is -0.175. The highest BCUT2D eigenvalue weighted by Crippen LogP contribution is 2.65. The molecular weight excluding hydrogens is 484 g/mol. The summed E-state index contributed by atoms with van der Waals surface area (Å²) >= 11 is 0. The summed E-state index contributed by atoms with van der Waals surface area (Å²) in [5.74, 6) is -1.44. The highest BCUT2D eigenvalue weighted by Gasteiger charge is 2.72. The van der Waals surface area contributed by atoms with E-state index in [1.807, 2.05) is 19.2 Å². The number of carbonyl (C=O) groups is 3. The van der Waals surface area contributed by atoms with E-state index in [0.29, 0.717) is 24.3 Å². The molecule has 200 valence electrons. The van der Waals surface area contributed by atoms with Crippen molar-refractivity contribution in [3.8, 4) is 11.5 Å². The van der Waals surface area contributed by atoms with Gasteiger partial charge in [-0.05, 0) is 57.5 Å². The van der Waals surface area contributed by atoms with E-state index >= 15 is 0 Å². The summed E-state index contributed by atoms with van der Waals surface area (Å²) in [5, 5.41) is 21.0. The molecule has 1 saturated heterocycles. The number of carboxylic acid groups (broad SMARTS) is 1. The van der Waals surface area contributed by atoms with Gasteiger partial charge in [0.1, 0.15) is 11.8 Å². The van der Waals surface area contributed by atoms with E-state index in [9.17, 15) is 19.5 Å². The quantitative estimate of drug-likeness (QED) is 0.416. The fraction of sp³-hybridized carbons (Fsp3) is 0.577. The molecule has 0 radical (unpaired) electrons. The maximum Gasteiger partial charge on any atom is 0.352 e. The van der Waals surface area contributed by atoms with Gasteiger partial charge in [-0.15, -0.1) is 0 Å². The number of hydrogen-bond donors (Lipinski definition) is 3. The lowest BCUT2D eigenvalue weighted by Crippen LogP contribution is -2.74. The van der Waals surface area contributed by atoms with Crippen molar-refractivity contribution in [2.45, 2.75) is 74.3 Å². The topological polar surface area (TPSA) is 158 Å². The summed E-state index contributed by atoms with van der Waals surface area (Å²) in [4.78, 5) is 38.1. The Morgan fingerprint density at radius 2 is 2.05 bits per heavy atom. The standard InChI is InChI=1S/C26H32N2O9/c1-13(35-24(32)15(27)5-7-19(29)30)23(31)36-17-8-9-26(33)18-12-14-4-6-16(34-3)21-20(14)25(26,22(17)37-21)10-11-28(18)2/h4,6,8,13,15,18,22,33H,5,7,9-12,27H2,1-3H3,(H,29,30)/t13-,15-,18+,22?,25?,26+/m0/s1. The van der Waals surface area contributed by atoms with Gasteiger partial charge in [0.05, 0.1) is 18.1 Å². The van der Waals surface area contributed by atoms with Crippen molar-refractivity contribution in [3.05, 3.63) is 35.1 Å². The lowest BCUT2D eigenvalue weighted by atomic mass is 9.50. The van der Waals surface area contributed by atoms with Crippen LogP contribution in [-0.4, -0.2) is 83.6 Å². The fourth-order valence-electron chi connectivity index (χ4n) is 6.49. The van der Waals surface area contributed by atoms with Gasteiger partial charge in [0, 0.05) is 24.4 Å². The van der Waals surface area contributed by atoms with E-state index < -0.39 is 47.2 Å². The van der Waals surface area contributed by atoms with Gasteiger partial charge in [0.15, 0.2) is 23.7 Å². The van der Waals surface area contributed by atoms with Crippen LogP contribution in [0.4, 0.5) is 0 Å². The number of benzene rings is 1. The molecule has 0 aromatic heterocycles. The number of nitrogens with two attached hydrogens (primary N) is 1. The molecule has 2 heterocycles. The van der Waals surface area contributed by atoms with Crippen LogP contribution in [0.2, 0.25) is 0 Å². The second-order valence-corrected chi connectivity index (χ2v) is 10.3. The first-order valence-electron chi connectivity index (χ1n) is 12.4. The molecule has 4 N–H and O–H groups in total. The van der Waals surface area contributed by atoms with Crippen molar-refractivity contribution in [3.63, 3.8) is 0 Å². The molecule has 2 aliphatic heterocycles. The Labute approximate surface area is 214 Å². The Kier molecular flexibility index (Phi) is 6.20. The summed E-state index contributed by atoms with van der Waals surface area (Å²) in [5.41, 5.74) is 5.71. The number of carbonyl (C=O) groups excluding carboxylic acids is 2. The molecule has 1 aromatic carbocycles. The first-order chi connectivity index (χ1) is 17.5. The van der Waals surface area contributed by atoms with Crippen LogP contribution in [0.1, 0.15) is 43.7 Å². The molecule has 1 aromatic rings. The van der Waals surface area contributed by atoms with Crippen molar-refractivity contribution in [2.24, 2.45) is 5.73 Å². The minimum atomic E-state index is -1.28. The highest BCUT2D eigenvalue weighted by molar-refractivity contribution is 5.82. The molecule has 2 bridgehead atoms. The number of piperidine rings is 1. The number of aliphatic hydroxyl groups is 1. The van der Waals surface area contributed by atoms with Crippen molar-refractivity contribution in [1.82, 2.24) is 4.90 Å². The van der Waals surface area contributed by atoms with Gasteiger partial charge in [-0.1, -0.05) is 6.07 Å². The van der Waals surface area contributed by atoms with Crippen molar-refractivity contribution in [1.29, 1.82) is 0 Å². The van der Waals surface area contributed by atoms with Gasteiger partial charge in [-0.25, -0.2) is 4.79 Å². The number of ether oxygens (including phenoxy) is 4. The first kappa shape index (κ1) is 25.5. The molecular formula is C26H32N2O9. The predicted octanol–water partition coefficient (Wildman–Crippen LogP) is 0.640. The van der Waals surface area contributed by atoms with E-state index in [2.05, 4.69) is 4.90 Å². The Balaban J connectivity index is 1.41. The number of likely N-dealkylation sites (N-methyl/N-ethyl adjacent to an activating group) is 1. The van der Waals surface area contributed by atoms with Crippen LogP contribution in [0.3, 0.4) is 0 Å². The minimum Gasteiger partial charge on any atom is -0.493 e. The lowest BCUT2D eigenvalue weighted by Gasteiger charge is -2.61. The number of aliphatic carboxylic acids is 1. The number of esters is 2. The molecule has 11 heteroatoms. The molecule has 0 amide bonds. The number of hydrogen-bond acceptors (Lipinski definition) is 10. The van der Waals surface area contributed by atoms with Crippen LogP contribution in [0.5, 0.6) is 11.5 Å². The van der Waals surface area contributed by atoms with Crippen LogP contribution in [-0.2, 0) is 35.7 Å². The van der Waals surface area contributed by atoms with Crippen LogP contribution >= 0.6 is 0 Å². The van der Waals surface area contributed by atoms with Crippen molar-refractivity contribution < 1.29 is 43.5 Å². The third kappa shape index (κ3) is 3.71. The zero-order valence-corrected chi connectivity index (χ0v) is 21.1. The smallest absolute Gasteiger partial charge is 0.352 e. The highest BCUT2D eigenvalue weighted by atomic mass is 16.6. The van der Waals surface area contributed by atoms with Crippen LogP contribution in [0.25, 0.3) is 0 Å². The van der Waals surface area contributed by atoms with Crippen molar-refractivity contribution in [2.75, 3.05) is 20.7 Å². The maximum atomic E-state index is 13.0. The van der Waals surface area contributed by atoms with E-state index in [-0.39, 0.29) is 31.1 Å². The first-order valence-corrected chi connectivity index (χ1v) is 12.4. The van der Waals surface area contributed by atoms with Crippen LogP contribution in [0, 0.1) is 0 Å². The molecule has 1 fully saturated rings. The molecule has 1 spiro atoms. The number of likely N-dealkylation sites (tertiary alicyclic amines) is 1. The molecule has 0 saturated carbocycles. The summed E-state index contributed by atoms with van der Waals surface area (Å²) < 4.78 is 22.9. The van der Waals surface area contributed by atoms with Gasteiger partial charge < -0.3 is 39.8 Å². The second kappa shape index (κ2) is 9.00. The normalized spacial score (nSPS) is 30.8. The minimum absolute atomic E-state index is 0.115. The Hall–Kier alpha value is -3.15. The predicted molar refractivity (Wildman–Crippen MR) is 128 cm³/mol. The number of carboxylic acids is 1. The molecule has 4 aliphatic rings. The van der Waals surface area contributed by atoms with E-state index in [4.69, 9.17) is 29.8 Å². The number of rotatable bonds is 8. The number of nitrogens with zero attached hydrogens (tertiary/aromatic N) is 1. The molecule has 2 aliphatic carbocycles. The van der Waals surface area contributed by atoms with Gasteiger partial charge in [-0.2, -0.15) is 0 Å². The van der Waals surface area contributed by atoms with Gasteiger partial charge in [0.2, 0.25) is 0 Å². The summed E-state index contributed by atoms with van der Waals surface area (Å²) in [6, 6.07) is 2.55. The van der Waals surface area contributed by atoms with Gasteiger partial charge in [0.25, 0.3) is 0 Å². The Bertz CT molecular complexity index is 1180. The van der Waals surface area contributed by atoms with Crippen LogP contribution in [0.15, 0.2) is 24.0 Å². The van der Waals surface area contributed by atoms with Crippen LogP contribution < -0.4 is 15.2 Å². The third-order valence-electron chi connectivity index (χ3n) is 8.37. The second-order valence-electron chi connectivity index (χ2n) is 10.3. The Morgan fingerprint density at radius 1 is 1.30 bits per heavy atom. The molecule has 37 heavy (non-hydrogen) atoms. The van der Waals surface area contributed by atoms with E-state index in [0.717, 1.165) is 17.7 Å². The summed E-state index contributed by atoms with van der Waals surface area (Å²) in [6.45, 7) is 2.09. The van der Waals surface area contributed by atoms with Crippen molar-refractivity contribution >= 4 is 17.9 Å². The molecule has 11 nitrogen and oxygen atoms in total. The molecule has 6 atom stereocenters. The number of methoxy groups -OCH3 is 1. The Morgan fingerprint density at radius 3 is 2.76 bits per heavy atom. The average Bonchev–Trinajstić information content (AvgIpc) is 3.21. The monoisotopic (exact) mass is 516 g/mol. The zero-order chi connectivity index (χ0) is 26.7. The fourth-order valence-corrected chi connectivity index (χ4v) is 6.49. The zero-order valence-electron chi connectivity index (χ0n) is 21.1. The summed E-state index contributed by atoms with van der Waals surface area (Å²) in [6.07, 6.45) is 0.731. The average molecular weight is 517 g/mol. The molecule has 5 rings (SSSR count). The van der Waals surface area contributed by atoms with E-state index in [1.165, 1.54) is 6.92 Å². The SMILES string of the molecule is COc1ccc2c3c1OC1C(OC(=O)[C@H](C)OC(=O)[C@@H](N)CCC(=O)O)=CC[C@@]4(O)[C@@H](C2)N(C)CCC314. The third-order valence-corrected chi connectivity index (χ3v) is 8.37. The largest absolute Gasteiger partial charge is 0.493 e. The van der Waals surface area contributed by atoms with Gasteiger partial charge in [-0.3, -0.25) is 9.59 Å². The van der Waals surface area contributed by atoms with Gasteiger partial charge >= 0.3 is 17.9 Å². The van der Waals surface area contributed by atoms with E-state index in [1.54, 1.807) is 13.2 Å². The summed E-state index contributed by atoms with van der Waals surface area (Å²) in [7, 11) is 3.56. The molecule has 2 unspecified atom stereocenters.